The molecule has 0 fully saturated rings. The molecule has 0 unspecified atom stereocenters. The highest BCUT2D eigenvalue weighted by Gasteiger charge is 2.37. The fourth-order valence-corrected chi connectivity index (χ4v) is 10.5. The van der Waals surface area contributed by atoms with Gasteiger partial charge in [0.1, 0.15) is 0 Å². The minimum Gasteiger partial charge on any atom is -0.309 e. The minimum absolute atomic E-state index is 0.0446. The third kappa shape index (κ3) is 7.92. The Labute approximate surface area is 438 Å². The maximum Gasteiger partial charge on any atom is 0.416 e. The van der Waals surface area contributed by atoms with Crippen molar-refractivity contribution >= 4 is 43.6 Å². The van der Waals surface area contributed by atoms with Crippen LogP contribution < -0.4 is 0 Å². The van der Waals surface area contributed by atoms with E-state index in [1.807, 2.05) is 57.7 Å². The van der Waals surface area contributed by atoms with Gasteiger partial charge < -0.3 is 9.13 Å². The molecule has 0 amide bonds. The van der Waals surface area contributed by atoms with Gasteiger partial charge >= 0.3 is 12.4 Å². The molecule has 0 aliphatic carbocycles. The number of hydrogen-bond donors (Lipinski definition) is 0. The van der Waals surface area contributed by atoms with Crippen LogP contribution in [0, 0.1) is 79.3 Å². The number of rotatable bonds is 6. The van der Waals surface area contributed by atoms with Gasteiger partial charge in [-0.2, -0.15) is 63.2 Å². The van der Waals surface area contributed by atoms with Crippen molar-refractivity contribution in [1.82, 2.24) is 9.13 Å². The highest BCUT2D eigenvalue weighted by Crippen LogP contribution is 2.47. The van der Waals surface area contributed by atoms with E-state index < -0.39 is 29.0 Å². The Hall–Kier alpha value is -11.4. The molecule has 0 N–H and O–H groups in total. The topological polar surface area (TPSA) is 176 Å². The zero-order valence-corrected chi connectivity index (χ0v) is 39.9. The van der Waals surface area contributed by atoms with E-state index in [0.29, 0.717) is 89.4 Å². The first-order valence-corrected chi connectivity index (χ1v) is 23.4. The maximum atomic E-state index is 14.5. The molecule has 9 nitrogen and oxygen atoms in total. The number of nitriles is 7. The van der Waals surface area contributed by atoms with Gasteiger partial charge in [0.05, 0.1) is 126 Å². The second-order valence-electron chi connectivity index (χ2n) is 18.1. The van der Waals surface area contributed by atoms with E-state index in [4.69, 9.17) is 0 Å². The molecule has 0 saturated carbocycles. The summed E-state index contributed by atoms with van der Waals surface area (Å²) in [5, 5.41) is 74.0. The van der Waals surface area contributed by atoms with Crippen molar-refractivity contribution < 1.29 is 26.3 Å². The Morgan fingerprint density at radius 3 is 1.17 bits per heavy atom. The fourth-order valence-electron chi connectivity index (χ4n) is 10.5. The lowest BCUT2D eigenvalue weighted by Gasteiger charge is -2.21. The highest BCUT2D eigenvalue weighted by molar-refractivity contribution is 6.13. The first kappa shape index (κ1) is 48.8. The van der Waals surface area contributed by atoms with Gasteiger partial charge in [0.25, 0.3) is 0 Å². The quantitative estimate of drug-likeness (QED) is 0.149. The van der Waals surface area contributed by atoms with Crippen LogP contribution in [0.4, 0.5) is 26.3 Å². The average molecular weight is 1020 g/mol. The Kier molecular flexibility index (Phi) is 11.6. The van der Waals surface area contributed by atoms with Crippen molar-refractivity contribution in [3.05, 3.63) is 214 Å². The zero-order chi connectivity index (χ0) is 54.8. The summed E-state index contributed by atoms with van der Waals surface area (Å²) >= 11 is 0. The molecule has 366 valence electrons. The average Bonchev–Trinajstić information content (AvgIpc) is 4.21. The van der Waals surface area contributed by atoms with Crippen LogP contribution in [0.3, 0.4) is 0 Å². The van der Waals surface area contributed by atoms with Crippen molar-refractivity contribution in [2.24, 2.45) is 0 Å². The summed E-state index contributed by atoms with van der Waals surface area (Å²) in [6.07, 6.45) is -10.3. The predicted molar refractivity (Wildman–Crippen MR) is 280 cm³/mol. The normalized spacial score (nSPS) is 11.4. The molecule has 15 heteroatoms. The summed E-state index contributed by atoms with van der Waals surface area (Å²) in [5.41, 5.74) is 2.32. The summed E-state index contributed by atoms with van der Waals surface area (Å²) in [5.74, 6) is 0. The Balaban J connectivity index is 1.24. The van der Waals surface area contributed by atoms with Crippen molar-refractivity contribution in [3.8, 4) is 98.4 Å². The van der Waals surface area contributed by atoms with Gasteiger partial charge in [0, 0.05) is 43.8 Å². The van der Waals surface area contributed by atoms with Gasteiger partial charge in [-0.1, -0.05) is 60.7 Å². The van der Waals surface area contributed by atoms with Gasteiger partial charge in [-0.15, -0.1) is 0 Å². The lowest BCUT2D eigenvalue weighted by Crippen LogP contribution is -2.11. The molecule has 78 heavy (non-hydrogen) atoms. The Bertz CT molecular complexity index is 4650. The zero-order valence-electron chi connectivity index (χ0n) is 39.9. The van der Waals surface area contributed by atoms with Gasteiger partial charge in [0.15, 0.2) is 0 Å². The van der Waals surface area contributed by atoms with E-state index in [9.17, 15) is 63.2 Å². The number of hydrogen-bond acceptors (Lipinski definition) is 7. The van der Waals surface area contributed by atoms with Crippen LogP contribution in [-0.4, -0.2) is 9.13 Å². The molecular formula is C63H27F6N9. The molecule has 9 aromatic carbocycles. The van der Waals surface area contributed by atoms with Crippen LogP contribution in [0.25, 0.3) is 99.5 Å². The van der Waals surface area contributed by atoms with Crippen LogP contribution in [0.2, 0.25) is 0 Å². The maximum absolute atomic E-state index is 14.5. The van der Waals surface area contributed by atoms with E-state index in [-0.39, 0.29) is 61.7 Å². The molecule has 11 aromatic rings. The summed E-state index contributed by atoms with van der Waals surface area (Å²) in [6.45, 7) is 0. The van der Waals surface area contributed by atoms with Crippen LogP contribution in [0.5, 0.6) is 0 Å². The number of aromatic nitrogens is 2. The van der Waals surface area contributed by atoms with Crippen LogP contribution in [0.1, 0.15) is 50.1 Å². The number of fused-ring (bicyclic) bond motifs is 6. The van der Waals surface area contributed by atoms with Crippen molar-refractivity contribution in [1.29, 1.82) is 36.8 Å². The lowest BCUT2D eigenvalue weighted by molar-refractivity contribution is -0.143. The van der Waals surface area contributed by atoms with Crippen LogP contribution in [0.15, 0.2) is 164 Å². The van der Waals surface area contributed by atoms with Crippen molar-refractivity contribution in [3.63, 3.8) is 0 Å². The molecule has 11 rings (SSSR count). The molecular weight excluding hydrogens is 997 g/mol. The van der Waals surface area contributed by atoms with Gasteiger partial charge in [0.2, 0.25) is 0 Å². The molecule has 0 saturated heterocycles. The standard InChI is InChI=1S/C63H27F6N9/c64-62(65,66)46-22-41(23-47(27-46)63(67,68)69)37-12-15-57(77-53-9-3-1-7-48(53)50-25-38(13-16-55(50)77)59-42(31-73)18-35(28-70)19-43(59)32-74)52(24-37)61-40(30-72)6-5-11-58(61)78-54-10-4-2-8-49(54)51-26-39(14-17-56(51)78)60-44(33-75)20-36(29-71)21-45(60)34-76/h1-27H. The Morgan fingerprint density at radius 2 is 0.731 bits per heavy atom. The molecule has 0 aliphatic heterocycles. The largest absolute Gasteiger partial charge is 0.416 e. The van der Waals surface area contributed by atoms with E-state index >= 15 is 0 Å². The van der Waals surface area contributed by atoms with Crippen LogP contribution in [-0.2, 0) is 12.4 Å². The number of para-hydroxylation sites is 2. The molecule has 2 heterocycles. The molecule has 0 aliphatic rings. The number of alkyl halides is 6. The van der Waals surface area contributed by atoms with Gasteiger partial charge in [-0.05, 0) is 125 Å². The highest BCUT2D eigenvalue weighted by atomic mass is 19.4. The van der Waals surface area contributed by atoms with Crippen LogP contribution >= 0.6 is 0 Å². The summed E-state index contributed by atoms with van der Waals surface area (Å²) in [7, 11) is 0. The smallest absolute Gasteiger partial charge is 0.309 e. The molecule has 0 atom stereocenters. The second kappa shape index (κ2) is 18.5. The third-order valence-electron chi connectivity index (χ3n) is 13.8. The van der Waals surface area contributed by atoms with Crippen molar-refractivity contribution in [2.45, 2.75) is 12.4 Å². The lowest BCUT2D eigenvalue weighted by atomic mass is 9.91. The number of benzene rings is 9. The molecule has 0 spiro atoms. The van der Waals surface area contributed by atoms with Gasteiger partial charge in [-0.3, -0.25) is 0 Å². The fraction of sp³-hybridized carbons (Fsp3) is 0.0317. The third-order valence-corrected chi connectivity index (χ3v) is 13.8. The van der Waals surface area contributed by atoms with E-state index in [0.717, 1.165) is 0 Å². The van der Waals surface area contributed by atoms with E-state index in [1.54, 1.807) is 72.8 Å². The van der Waals surface area contributed by atoms with E-state index in [1.165, 1.54) is 36.4 Å². The number of halogens is 6. The minimum atomic E-state index is -5.16. The summed E-state index contributed by atoms with van der Waals surface area (Å²) in [4.78, 5) is 0. The predicted octanol–water partition coefficient (Wildman–Crippen LogP) is 15.7. The van der Waals surface area contributed by atoms with Gasteiger partial charge in [-0.25, -0.2) is 0 Å². The molecule has 0 bridgehead atoms. The Morgan fingerprint density at radius 1 is 0.308 bits per heavy atom. The SMILES string of the molecule is N#Cc1cc(C#N)c(-c2ccc3c(c2)c2ccccc2n3-c2ccc(-c3cc(C(F)(F)F)cc(C(F)(F)F)c3)cc2-c2c(C#N)cccc2-n2c3ccccc3c3cc(-c4c(C#N)cc(C#N)cc4C#N)ccc32)c(C#N)c1. The van der Waals surface area contributed by atoms with Crippen molar-refractivity contribution in [2.75, 3.05) is 0 Å². The summed E-state index contributed by atoms with van der Waals surface area (Å²) < 4.78 is 90.7. The first-order chi connectivity index (χ1) is 37.6. The first-order valence-electron chi connectivity index (χ1n) is 23.4. The monoisotopic (exact) mass is 1020 g/mol. The van der Waals surface area contributed by atoms with E-state index in [2.05, 4.69) is 30.3 Å². The number of nitrogens with zero attached hydrogens (tertiary/aromatic N) is 9. The molecule has 2 aromatic heterocycles. The summed E-state index contributed by atoms with van der Waals surface area (Å²) in [6, 6.07) is 56.2. The second-order valence-corrected chi connectivity index (χ2v) is 18.1. The molecule has 0 radical (unpaired) electrons.